The first-order valence-corrected chi connectivity index (χ1v) is 11.6. The number of benzene rings is 1. The number of hydrogen-bond donors (Lipinski definition) is 1. The van der Waals surface area contributed by atoms with Crippen molar-refractivity contribution in [1.29, 1.82) is 0 Å². The fourth-order valence-corrected chi connectivity index (χ4v) is 4.91. The minimum Gasteiger partial charge on any atom is -0.381 e. The standard InChI is InChI=1S/C24H31N5O3/c1-3-32-21-15-28(13-17-6-4-16(2)5-7-17)14-19(21)22-26-24(30)20-12-25-23(29(20)27-22)18-8-10-31-11-9-18/h4-7,12,18-19,21H,3,8-11,13-15H2,1-2H3,(H,26,27,30). The van der Waals surface area contributed by atoms with Crippen LogP contribution in [-0.2, 0) is 16.0 Å². The lowest BCUT2D eigenvalue weighted by Gasteiger charge is -2.21. The van der Waals surface area contributed by atoms with Crippen molar-refractivity contribution in [2.24, 2.45) is 0 Å². The van der Waals surface area contributed by atoms with E-state index in [-0.39, 0.29) is 23.5 Å². The van der Waals surface area contributed by atoms with Crippen LogP contribution in [0.4, 0.5) is 0 Å². The fourth-order valence-electron chi connectivity index (χ4n) is 4.91. The van der Waals surface area contributed by atoms with Gasteiger partial charge in [0.05, 0.1) is 18.2 Å². The second kappa shape index (κ2) is 9.13. The van der Waals surface area contributed by atoms with Crippen molar-refractivity contribution in [3.8, 4) is 0 Å². The summed E-state index contributed by atoms with van der Waals surface area (Å²) in [6.45, 7) is 8.63. The van der Waals surface area contributed by atoms with E-state index in [0.717, 1.165) is 51.5 Å². The summed E-state index contributed by atoms with van der Waals surface area (Å²) in [6, 6.07) is 8.64. The first-order valence-electron chi connectivity index (χ1n) is 11.6. The fraction of sp³-hybridized carbons (Fsp3) is 0.542. The molecule has 0 spiro atoms. The van der Waals surface area contributed by atoms with E-state index in [1.807, 2.05) is 6.92 Å². The Bertz CT molecular complexity index is 1120. The third kappa shape index (κ3) is 4.22. The molecule has 170 valence electrons. The highest BCUT2D eigenvalue weighted by Crippen LogP contribution is 2.30. The number of H-pyrrole nitrogens is 1. The van der Waals surface area contributed by atoms with Crippen LogP contribution in [0.5, 0.6) is 0 Å². The lowest BCUT2D eigenvalue weighted by Crippen LogP contribution is -2.27. The molecule has 8 heteroatoms. The second-order valence-corrected chi connectivity index (χ2v) is 8.92. The second-order valence-electron chi connectivity index (χ2n) is 8.92. The van der Waals surface area contributed by atoms with E-state index in [2.05, 4.69) is 46.1 Å². The number of rotatable bonds is 6. The molecule has 1 N–H and O–H groups in total. The average molecular weight is 438 g/mol. The summed E-state index contributed by atoms with van der Waals surface area (Å²) >= 11 is 0. The van der Waals surface area contributed by atoms with Gasteiger partial charge in [-0.25, -0.2) is 9.50 Å². The van der Waals surface area contributed by atoms with Gasteiger partial charge in [0.1, 0.15) is 11.6 Å². The number of hydrogen-bond acceptors (Lipinski definition) is 6. The number of nitrogens with zero attached hydrogens (tertiary/aromatic N) is 4. The highest BCUT2D eigenvalue weighted by molar-refractivity contribution is 5.42. The highest BCUT2D eigenvalue weighted by Gasteiger charge is 2.37. The number of ether oxygens (including phenoxy) is 2. The molecule has 32 heavy (non-hydrogen) atoms. The quantitative estimate of drug-likeness (QED) is 0.638. The maximum atomic E-state index is 12.9. The molecule has 8 nitrogen and oxygen atoms in total. The predicted molar refractivity (Wildman–Crippen MR) is 121 cm³/mol. The minimum atomic E-state index is -0.145. The summed E-state index contributed by atoms with van der Waals surface area (Å²) in [5, 5.41) is 4.89. The summed E-state index contributed by atoms with van der Waals surface area (Å²) in [5.74, 6) is 1.80. The van der Waals surface area contributed by atoms with Crippen molar-refractivity contribution < 1.29 is 9.47 Å². The van der Waals surface area contributed by atoms with Crippen LogP contribution < -0.4 is 5.56 Å². The van der Waals surface area contributed by atoms with Crippen LogP contribution in [0.15, 0.2) is 35.3 Å². The van der Waals surface area contributed by atoms with Gasteiger partial charge in [0, 0.05) is 45.4 Å². The van der Waals surface area contributed by atoms with Crippen molar-refractivity contribution in [3.63, 3.8) is 0 Å². The minimum absolute atomic E-state index is 0.00226. The van der Waals surface area contributed by atoms with Crippen molar-refractivity contribution in [2.45, 2.75) is 51.2 Å². The third-order valence-electron chi connectivity index (χ3n) is 6.63. The normalized spacial score (nSPS) is 22.7. The van der Waals surface area contributed by atoms with Gasteiger partial charge >= 0.3 is 0 Å². The molecule has 0 bridgehead atoms. The molecular weight excluding hydrogens is 406 g/mol. The van der Waals surface area contributed by atoms with Gasteiger partial charge in [0.15, 0.2) is 5.52 Å². The monoisotopic (exact) mass is 437 g/mol. The lowest BCUT2D eigenvalue weighted by atomic mass is 10.00. The lowest BCUT2D eigenvalue weighted by molar-refractivity contribution is 0.0570. The summed E-state index contributed by atoms with van der Waals surface area (Å²) in [5.41, 5.74) is 2.89. The Morgan fingerprint density at radius 3 is 2.72 bits per heavy atom. The number of aromatic nitrogens is 4. The smallest absolute Gasteiger partial charge is 0.276 e. The van der Waals surface area contributed by atoms with E-state index in [1.165, 1.54) is 11.1 Å². The molecule has 2 fully saturated rings. The van der Waals surface area contributed by atoms with Gasteiger partial charge in [-0.1, -0.05) is 29.8 Å². The summed E-state index contributed by atoms with van der Waals surface area (Å²) in [6.07, 6.45) is 3.43. The number of aromatic amines is 1. The molecular formula is C24H31N5O3. The van der Waals surface area contributed by atoms with Gasteiger partial charge in [0.2, 0.25) is 0 Å². The van der Waals surface area contributed by atoms with Crippen molar-refractivity contribution in [3.05, 3.63) is 63.6 Å². The molecule has 3 aromatic rings. The van der Waals surface area contributed by atoms with E-state index in [0.29, 0.717) is 17.9 Å². The van der Waals surface area contributed by atoms with Crippen LogP contribution >= 0.6 is 0 Å². The molecule has 5 rings (SSSR count). The molecule has 2 aliphatic rings. The third-order valence-corrected chi connectivity index (χ3v) is 6.63. The molecule has 2 aromatic heterocycles. The van der Waals surface area contributed by atoms with E-state index in [4.69, 9.17) is 14.6 Å². The molecule has 0 saturated carbocycles. The molecule has 4 heterocycles. The molecule has 1 aromatic carbocycles. The van der Waals surface area contributed by atoms with Crippen LogP contribution in [0.25, 0.3) is 5.52 Å². The van der Waals surface area contributed by atoms with Gasteiger partial charge in [-0.2, -0.15) is 5.10 Å². The van der Waals surface area contributed by atoms with Gasteiger partial charge in [-0.3, -0.25) is 9.69 Å². The summed E-state index contributed by atoms with van der Waals surface area (Å²) in [4.78, 5) is 22.9. The number of fused-ring (bicyclic) bond motifs is 1. The zero-order chi connectivity index (χ0) is 22.1. The zero-order valence-corrected chi connectivity index (χ0v) is 18.8. The van der Waals surface area contributed by atoms with E-state index < -0.39 is 0 Å². The van der Waals surface area contributed by atoms with Crippen molar-refractivity contribution in [2.75, 3.05) is 32.9 Å². The molecule has 2 aliphatic heterocycles. The van der Waals surface area contributed by atoms with Crippen LogP contribution in [0.1, 0.15) is 54.4 Å². The van der Waals surface area contributed by atoms with Crippen LogP contribution in [0.2, 0.25) is 0 Å². The molecule has 0 radical (unpaired) electrons. The number of aryl methyl sites for hydroxylation is 1. The van der Waals surface area contributed by atoms with Gasteiger partial charge in [-0.15, -0.1) is 0 Å². The maximum absolute atomic E-state index is 12.9. The maximum Gasteiger partial charge on any atom is 0.276 e. The first kappa shape index (κ1) is 21.3. The van der Waals surface area contributed by atoms with E-state index >= 15 is 0 Å². The number of imidazole rings is 1. The first-order chi connectivity index (χ1) is 15.6. The largest absolute Gasteiger partial charge is 0.381 e. The van der Waals surface area contributed by atoms with Gasteiger partial charge in [0.25, 0.3) is 5.56 Å². The molecule has 2 unspecified atom stereocenters. The van der Waals surface area contributed by atoms with Gasteiger partial charge < -0.3 is 14.5 Å². The average Bonchev–Trinajstić information content (AvgIpc) is 3.41. The number of likely N-dealkylation sites (tertiary alicyclic amines) is 1. The molecule has 2 atom stereocenters. The topological polar surface area (TPSA) is 84.8 Å². The van der Waals surface area contributed by atoms with Crippen LogP contribution in [0, 0.1) is 6.92 Å². The Kier molecular flexibility index (Phi) is 6.08. The Hall–Kier alpha value is -2.55. The molecule has 0 aliphatic carbocycles. The highest BCUT2D eigenvalue weighted by atomic mass is 16.5. The Balaban J connectivity index is 1.44. The Morgan fingerprint density at radius 1 is 1.19 bits per heavy atom. The van der Waals surface area contributed by atoms with E-state index in [9.17, 15) is 4.79 Å². The molecule has 0 amide bonds. The Morgan fingerprint density at radius 2 is 1.97 bits per heavy atom. The van der Waals surface area contributed by atoms with Crippen molar-refractivity contribution >= 4 is 5.52 Å². The summed E-state index contributed by atoms with van der Waals surface area (Å²) in [7, 11) is 0. The van der Waals surface area contributed by atoms with Gasteiger partial charge in [-0.05, 0) is 32.3 Å². The predicted octanol–water partition coefficient (Wildman–Crippen LogP) is 2.62. The van der Waals surface area contributed by atoms with Crippen LogP contribution in [0.3, 0.4) is 0 Å². The zero-order valence-electron chi connectivity index (χ0n) is 18.8. The van der Waals surface area contributed by atoms with E-state index in [1.54, 1.807) is 10.7 Å². The SMILES string of the molecule is CCOC1CN(Cc2ccc(C)cc2)CC1c1nn2c(C3CCOCC3)ncc2c(=O)[nH]1. The molecule has 2 saturated heterocycles. The van der Waals surface area contributed by atoms with Crippen LogP contribution in [-0.4, -0.2) is 63.5 Å². The summed E-state index contributed by atoms with van der Waals surface area (Å²) < 4.78 is 13.4. The van der Waals surface area contributed by atoms with Crippen molar-refractivity contribution in [1.82, 2.24) is 24.5 Å². The number of nitrogens with one attached hydrogen (secondary N) is 1. The Labute approximate surface area is 187 Å².